The minimum Gasteiger partial charge on any atom is -0.351 e. The number of carbonyl (C=O) groups is 2. The number of fused-ring (bicyclic) bond motifs is 2. The second kappa shape index (κ2) is 7.02. The summed E-state index contributed by atoms with van der Waals surface area (Å²) < 4.78 is 0. The first kappa shape index (κ1) is 17.0. The molecule has 0 spiro atoms. The Morgan fingerprint density at radius 3 is 2.68 bits per heavy atom. The zero-order chi connectivity index (χ0) is 17.3. The molecule has 0 radical (unpaired) electrons. The standard InChI is InChI=1S/C20H26N2O2S/c23-18-15-10-4-5-11-16(15)25-17-12-6-7-13-20(17,22-18)19(24)21-14-8-2-1-3-9-14/h4-5,10-11,14,17H,1-3,6-9,12-13H2,(H,21,24)(H,22,23). The highest BCUT2D eigenvalue weighted by Gasteiger charge is 2.51. The van der Waals surface area contributed by atoms with Crippen molar-refractivity contribution in [3.05, 3.63) is 29.8 Å². The van der Waals surface area contributed by atoms with Crippen molar-refractivity contribution >= 4 is 23.6 Å². The van der Waals surface area contributed by atoms with Gasteiger partial charge in [0.25, 0.3) is 5.91 Å². The molecule has 2 saturated carbocycles. The molecular formula is C20H26N2O2S. The first-order valence-corrected chi connectivity index (χ1v) is 10.5. The molecule has 2 aliphatic carbocycles. The highest BCUT2D eigenvalue weighted by Crippen LogP contribution is 2.44. The largest absolute Gasteiger partial charge is 0.351 e. The number of benzene rings is 1. The van der Waals surface area contributed by atoms with Gasteiger partial charge < -0.3 is 10.6 Å². The van der Waals surface area contributed by atoms with Gasteiger partial charge in [-0.25, -0.2) is 0 Å². The van der Waals surface area contributed by atoms with Gasteiger partial charge in [-0.1, -0.05) is 44.2 Å². The van der Waals surface area contributed by atoms with Gasteiger partial charge in [0, 0.05) is 16.2 Å². The van der Waals surface area contributed by atoms with Crippen LogP contribution in [0.3, 0.4) is 0 Å². The summed E-state index contributed by atoms with van der Waals surface area (Å²) in [4.78, 5) is 27.2. The van der Waals surface area contributed by atoms with Gasteiger partial charge >= 0.3 is 0 Å². The lowest BCUT2D eigenvalue weighted by molar-refractivity contribution is -0.129. The third-order valence-electron chi connectivity index (χ3n) is 5.92. The predicted molar refractivity (Wildman–Crippen MR) is 99.8 cm³/mol. The summed E-state index contributed by atoms with van der Waals surface area (Å²) in [6.07, 6.45) is 9.59. The lowest BCUT2D eigenvalue weighted by atomic mass is 9.79. The number of carbonyl (C=O) groups excluding carboxylic acids is 2. The number of thioether (sulfide) groups is 1. The SMILES string of the molecule is O=C1NC2(C(=O)NC3CCCCC3)CCCCC2Sc2ccccc21. The van der Waals surface area contributed by atoms with Gasteiger partial charge in [-0.3, -0.25) is 9.59 Å². The molecule has 3 aliphatic rings. The fraction of sp³-hybridized carbons (Fsp3) is 0.600. The summed E-state index contributed by atoms with van der Waals surface area (Å²) in [5.74, 6) is -0.0657. The predicted octanol–water partition coefficient (Wildman–Crippen LogP) is 3.65. The summed E-state index contributed by atoms with van der Waals surface area (Å²) >= 11 is 1.71. The first-order chi connectivity index (χ1) is 12.2. The molecule has 25 heavy (non-hydrogen) atoms. The molecular weight excluding hydrogens is 332 g/mol. The fourth-order valence-corrected chi connectivity index (χ4v) is 6.02. The van der Waals surface area contributed by atoms with Gasteiger partial charge in [-0.15, -0.1) is 11.8 Å². The molecule has 0 bridgehead atoms. The van der Waals surface area contributed by atoms with Crippen LogP contribution in [0, 0.1) is 0 Å². The van der Waals surface area contributed by atoms with Crippen molar-refractivity contribution in [1.29, 1.82) is 0 Å². The Kier molecular flexibility index (Phi) is 4.76. The Bertz CT molecular complexity index is 671. The van der Waals surface area contributed by atoms with E-state index in [0.717, 1.165) is 43.4 Å². The third kappa shape index (κ3) is 3.19. The molecule has 5 heteroatoms. The van der Waals surface area contributed by atoms with E-state index in [9.17, 15) is 9.59 Å². The molecule has 1 aromatic carbocycles. The lowest BCUT2D eigenvalue weighted by Gasteiger charge is -2.42. The van der Waals surface area contributed by atoms with Crippen LogP contribution in [0.25, 0.3) is 0 Å². The van der Waals surface area contributed by atoms with E-state index in [0.29, 0.717) is 5.56 Å². The quantitative estimate of drug-likeness (QED) is 0.848. The normalized spacial score (nSPS) is 29.8. The van der Waals surface area contributed by atoms with Crippen molar-refractivity contribution in [3.8, 4) is 0 Å². The molecule has 4 nitrogen and oxygen atoms in total. The Balaban J connectivity index is 1.63. The molecule has 2 atom stereocenters. The van der Waals surface area contributed by atoms with Gasteiger partial charge in [-0.2, -0.15) is 0 Å². The molecule has 2 unspecified atom stereocenters. The van der Waals surface area contributed by atoms with E-state index in [1.807, 2.05) is 24.3 Å². The third-order valence-corrected chi connectivity index (χ3v) is 7.45. The number of hydrogen-bond acceptors (Lipinski definition) is 3. The minimum atomic E-state index is -0.767. The number of amides is 2. The van der Waals surface area contributed by atoms with Crippen molar-refractivity contribution in [2.45, 2.75) is 79.5 Å². The zero-order valence-corrected chi connectivity index (χ0v) is 15.4. The maximum absolute atomic E-state index is 13.3. The molecule has 2 fully saturated rings. The highest BCUT2D eigenvalue weighted by atomic mass is 32.2. The van der Waals surface area contributed by atoms with Crippen molar-refractivity contribution < 1.29 is 9.59 Å². The smallest absolute Gasteiger partial charge is 0.253 e. The minimum absolute atomic E-state index is 0.0396. The van der Waals surface area contributed by atoms with Crippen molar-refractivity contribution in [2.75, 3.05) is 0 Å². The van der Waals surface area contributed by atoms with E-state index in [2.05, 4.69) is 10.6 Å². The molecule has 1 heterocycles. The van der Waals surface area contributed by atoms with Crippen LogP contribution in [0.1, 0.15) is 68.1 Å². The van der Waals surface area contributed by atoms with E-state index < -0.39 is 5.54 Å². The van der Waals surface area contributed by atoms with Crippen LogP contribution in [0.4, 0.5) is 0 Å². The monoisotopic (exact) mass is 358 g/mol. The average Bonchev–Trinajstić information content (AvgIpc) is 2.77. The Morgan fingerprint density at radius 2 is 1.84 bits per heavy atom. The van der Waals surface area contributed by atoms with Crippen molar-refractivity contribution in [3.63, 3.8) is 0 Å². The highest BCUT2D eigenvalue weighted by molar-refractivity contribution is 8.00. The molecule has 0 saturated heterocycles. The van der Waals surface area contributed by atoms with Crippen LogP contribution in [0.5, 0.6) is 0 Å². The summed E-state index contributed by atoms with van der Waals surface area (Å²) in [5, 5.41) is 6.56. The van der Waals surface area contributed by atoms with Crippen LogP contribution in [0.15, 0.2) is 29.2 Å². The fourth-order valence-electron chi connectivity index (χ4n) is 4.50. The maximum Gasteiger partial charge on any atom is 0.253 e. The van der Waals surface area contributed by atoms with Crippen LogP contribution in [0.2, 0.25) is 0 Å². The van der Waals surface area contributed by atoms with Crippen LogP contribution >= 0.6 is 11.8 Å². The second-order valence-electron chi connectivity index (χ2n) is 7.58. The van der Waals surface area contributed by atoms with Gasteiger partial charge in [0.1, 0.15) is 5.54 Å². The molecule has 2 N–H and O–H groups in total. The Labute approximate surface area is 153 Å². The number of rotatable bonds is 2. The van der Waals surface area contributed by atoms with Crippen molar-refractivity contribution in [1.82, 2.24) is 10.6 Å². The van der Waals surface area contributed by atoms with Gasteiger partial charge in [0.15, 0.2) is 0 Å². The molecule has 134 valence electrons. The van der Waals surface area contributed by atoms with Crippen LogP contribution < -0.4 is 10.6 Å². The molecule has 0 aromatic heterocycles. The van der Waals surface area contributed by atoms with Crippen LogP contribution in [-0.4, -0.2) is 28.6 Å². The van der Waals surface area contributed by atoms with E-state index in [1.54, 1.807) is 11.8 Å². The zero-order valence-electron chi connectivity index (χ0n) is 14.6. The van der Waals surface area contributed by atoms with Gasteiger partial charge in [0.2, 0.25) is 5.91 Å². The first-order valence-electron chi connectivity index (χ1n) is 9.58. The average molecular weight is 359 g/mol. The van der Waals surface area contributed by atoms with E-state index >= 15 is 0 Å². The molecule has 4 rings (SSSR count). The van der Waals surface area contributed by atoms with E-state index in [1.165, 1.54) is 19.3 Å². The summed E-state index contributed by atoms with van der Waals surface area (Å²) in [5.41, 5.74) is -0.0667. The summed E-state index contributed by atoms with van der Waals surface area (Å²) in [7, 11) is 0. The van der Waals surface area contributed by atoms with Crippen molar-refractivity contribution in [2.24, 2.45) is 0 Å². The van der Waals surface area contributed by atoms with E-state index in [4.69, 9.17) is 0 Å². The molecule has 1 aromatic rings. The van der Waals surface area contributed by atoms with E-state index in [-0.39, 0.29) is 23.1 Å². The topological polar surface area (TPSA) is 58.2 Å². The molecule has 1 aliphatic heterocycles. The number of nitrogens with one attached hydrogen (secondary N) is 2. The van der Waals surface area contributed by atoms with Gasteiger partial charge in [0.05, 0.1) is 5.56 Å². The number of hydrogen-bond donors (Lipinski definition) is 2. The second-order valence-corrected chi connectivity index (χ2v) is 8.83. The lowest BCUT2D eigenvalue weighted by Crippen LogP contribution is -2.66. The maximum atomic E-state index is 13.3. The Hall–Kier alpha value is -1.49. The molecule has 2 amide bonds. The Morgan fingerprint density at radius 1 is 1.08 bits per heavy atom. The summed E-state index contributed by atoms with van der Waals surface area (Å²) in [6, 6.07) is 8.00. The van der Waals surface area contributed by atoms with Gasteiger partial charge in [-0.05, 0) is 37.8 Å². The summed E-state index contributed by atoms with van der Waals surface area (Å²) in [6.45, 7) is 0. The van der Waals surface area contributed by atoms with Crippen LogP contribution in [-0.2, 0) is 4.79 Å².